The normalized spacial score (nSPS) is 45.9. The van der Waals surface area contributed by atoms with Crippen molar-refractivity contribution in [2.45, 2.75) is 67.7 Å². The molecular formula is C13H22O5S. The predicted octanol–water partition coefficient (Wildman–Crippen LogP) is 0.872. The number of aliphatic hydroxyl groups is 2. The summed E-state index contributed by atoms with van der Waals surface area (Å²) in [4.78, 5) is 0. The Bertz CT molecular complexity index is 318. The van der Waals surface area contributed by atoms with Crippen molar-refractivity contribution in [1.29, 1.82) is 0 Å². The molecule has 5 nitrogen and oxygen atoms in total. The highest BCUT2D eigenvalue weighted by Crippen LogP contribution is 2.41. The molecular weight excluding hydrogens is 268 g/mol. The summed E-state index contributed by atoms with van der Waals surface area (Å²) >= 11 is 1.40. The molecule has 6 heteroatoms. The molecule has 5 atom stereocenters. The highest BCUT2D eigenvalue weighted by molar-refractivity contribution is 7.99. The monoisotopic (exact) mass is 290 g/mol. The summed E-state index contributed by atoms with van der Waals surface area (Å²) < 4.78 is 17.7. The van der Waals surface area contributed by atoms with Crippen LogP contribution in [0.15, 0.2) is 0 Å². The predicted molar refractivity (Wildman–Crippen MR) is 70.8 cm³/mol. The van der Waals surface area contributed by atoms with Gasteiger partial charge < -0.3 is 24.4 Å². The molecule has 2 aliphatic heterocycles. The Morgan fingerprint density at radius 1 is 1.11 bits per heavy atom. The van der Waals surface area contributed by atoms with Crippen LogP contribution in [0.2, 0.25) is 0 Å². The molecule has 2 unspecified atom stereocenters. The Morgan fingerprint density at radius 2 is 1.84 bits per heavy atom. The summed E-state index contributed by atoms with van der Waals surface area (Å²) in [6.07, 6.45) is 4.39. The van der Waals surface area contributed by atoms with E-state index in [2.05, 4.69) is 0 Å². The van der Waals surface area contributed by atoms with Crippen LogP contribution in [0, 0.1) is 0 Å². The first-order valence-corrected chi connectivity index (χ1v) is 8.30. The average Bonchev–Trinajstić information content (AvgIpc) is 2.44. The number of aliphatic hydroxyl groups excluding tert-OH is 2. The van der Waals surface area contributed by atoms with E-state index in [0.717, 1.165) is 25.7 Å². The lowest BCUT2D eigenvalue weighted by molar-refractivity contribution is -0.369. The lowest BCUT2D eigenvalue weighted by atomic mass is 9.91. The molecule has 3 fully saturated rings. The fourth-order valence-corrected chi connectivity index (χ4v) is 3.94. The molecule has 0 amide bonds. The molecule has 0 aromatic rings. The van der Waals surface area contributed by atoms with Gasteiger partial charge in [0.1, 0.15) is 29.9 Å². The maximum Gasteiger partial charge on any atom is 0.169 e. The highest BCUT2D eigenvalue weighted by Gasteiger charge is 2.52. The van der Waals surface area contributed by atoms with Crippen LogP contribution in [0.4, 0.5) is 0 Å². The molecule has 3 rings (SSSR count). The number of ether oxygens (including phenoxy) is 3. The molecule has 0 aromatic heterocycles. The second-order valence-corrected chi connectivity index (χ2v) is 6.56. The van der Waals surface area contributed by atoms with Crippen molar-refractivity contribution in [2.24, 2.45) is 0 Å². The van der Waals surface area contributed by atoms with Crippen molar-refractivity contribution < 1.29 is 24.4 Å². The van der Waals surface area contributed by atoms with Gasteiger partial charge in [0.05, 0.1) is 6.61 Å². The van der Waals surface area contributed by atoms with Crippen molar-refractivity contribution in [2.75, 3.05) is 12.9 Å². The van der Waals surface area contributed by atoms with Crippen molar-refractivity contribution >= 4 is 11.8 Å². The van der Waals surface area contributed by atoms with Crippen molar-refractivity contribution in [3.8, 4) is 0 Å². The van der Waals surface area contributed by atoms with Crippen LogP contribution in [0.3, 0.4) is 0 Å². The Labute approximate surface area is 117 Å². The first-order chi connectivity index (χ1) is 9.15. The molecule has 19 heavy (non-hydrogen) atoms. The molecule has 3 aliphatic rings. The van der Waals surface area contributed by atoms with Gasteiger partial charge in [-0.15, -0.1) is 11.8 Å². The van der Waals surface area contributed by atoms with Crippen LogP contribution >= 0.6 is 11.8 Å². The fraction of sp³-hybridized carbons (Fsp3) is 1.00. The zero-order valence-electron chi connectivity index (χ0n) is 11.2. The smallest absolute Gasteiger partial charge is 0.169 e. The number of rotatable bonds is 1. The van der Waals surface area contributed by atoms with E-state index in [4.69, 9.17) is 14.2 Å². The molecule has 2 heterocycles. The van der Waals surface area contributed by atoms with E-state index in [1.165, 1.54) is 18.2 Å². The largest absolute Gasteiger partial charge is 0.387 e. The molecule has 1 aliphatic carbocycles. The molecule has 0 aromatic carbocycles. The van der Waals surface area contributed by atoms with E-state index < -0.39 is 29.5 Å². The van der Waals surface area contributed by atoms with E-state index in [-0.39, 0.29) is 6.10 Å². The van der Waals surface area contributed by atoms with E-state index in [0.29, 0.717) is 6.61 Å². The number of hydrogen-bond donors (Lipinski definition) is 2. The summed E-state index contributed by atoms with van der Waals surface area (Å²) in [5.41, 5.74) is -0.413. The van der Waals surface area contributed by atoms with E-state index in [1.54, 1.807) is 0 Å². The van der Waals surface area contributed by atoms with Gasteiger partial charge in [0.15, 0.2) is 5.79 Å². The van der Waals surface area contributed by atoms with Crippen LogP contribution in [-0.4, -0.2) is 58.7 Å². The summed E-state index contributed by atoms with van der Waals surface area (Å²) in [6.45, 7) is 0.436. The van der Waals surface area contributed by atoms with Gasteiger partial charge in [0, 0.05) is 12.8 Å². The van der Waals surface area contributed by atoms with Gasteiger partial charge in [-0.25, -0.2) is 0 Å². The standard InChI is InChI=1S/C13H22O5S/c1-19-12-10(15)9(14)11-8(17-12)7-16-13(18-11)5-3-2-4-6-13/h8-12,14-15H,2-7H2,1H3/t8?,9?,10-,11-,12+/m1/s1. The van der Waals surface area contributed by atoms with Gasteiger partial charge in [-0.2, -0.15) is 0 Å². The van der Waals surface area contributed by atoms with Crippen LogP contribution in [0.5, 0.6) is 0 Å². The highest BCUT2D eigenvalue weighted by atomic mass is 32.2. The quantitative estimate of drug-likeness (QED) is 0.747. The summed E-state index contributed by atoms with van der Waals surface area (Å²) in [6, 6.07) is 0. The van der Waals surface area contributed by atoms with E-state index >= 15 is 0 Å². The van der Waals surface area contributed by atoms with Gasteiger partial charge >= 0.3 is 0 Å². The minimum atomic E-state index is -0.907. The topological polar surface area (TPSA) is 68.2 Å². The van der Waals surface area contributed by atoms with E-state index in [1.807, 2.05) is 6.26 Å². The second kappa shape index (κ2) is 5.50. The zero-order valence-corrected chi connectivity index (χ0v) is 12.0. The van der Waals surface area contributed by atoms with Crippen LogP contribution < -0.4 is 0 Å². The van der Waals surface area contributed by atoms with Gasteiger partial charge in [0.2, 0.25) is 0 Å². The molecule has 2 saturated heterocycles. The molecule has 1 saturated carbocycles. The van der Waals surface area contributed by atoms with Crippen molar-refractivity contribution in [1.82, 2.24) is 0 Å². The zero-order chi connectivity index (χ0) is 13.5. The first kappa shape index (κ1) is 14.1. The maximum absolute atomic E-state index is 10.3. The molecule has 1 spiro atoms. The third-order valence-corrected chi connectivity index (χ3v) is 5.20. The van der Waals surface area contributed by atoms with Crippen molar-refractivity contribution in [3.05, 3.63) is 0 Å². The Morgan fingerprint density at radius 3 is 2.53 bits per heavy atom. The summed E-state index contributed by atoms with van der Waals surface area (Å²) in [5.74, 6) is -0.560. The molecule has 0 radical (unpaired) electrons. The summed E-state index contributed by atoms with van der Waals surface area (Å²) in [5, 5.41) is 20.3. The van der Waals surface area contributed by atoms with Gasteiger partial charge in [-0.05, 0) is 19.1 Å². The fourth-order valence-electron chi connectivity index (χ4n) is 3.25. The third-order valence-electron chi connectivity index (χ3n) is 4.35. The Balaban J connectivity index is 1.73. The SMILES string of the molecule is CS[C@@H]1OC2COC3(CCCCC3)O[C@H]2C(O)[C@H]1O. The average molecular weight is 290 g/mol. The molecule has 0 bridgehead atoms. The van der Waals surface area contributed by atoms with Crippen molar-refractivity contribution in [3.63, 3.8) is 0 Å². The van der Waals surface area contributed by atoms with E-state index in [9.17, 15) is 10.2 Å². The third kappa shape index (κ3) is 2.54. The minimum Gasteiger partial charge on any atom is -0.387 e. The lowest BCUT2D eigenvalue weighted by Gasteiger charge is -2.51. The Kier molecular flexibility index (Phi) is 4.08. The minimum absolute atomic E-state index is 0.289. The van der Waals surface area contributed by atoms with Gasteiger partial charge in [-0.1, -0.05) is 6.42 Å². The Hall–Kier alpha value is 0.150. The first-order valence-electron chi connectivity index (χ1n) is 7.01. The van der Waals surface area contributed by atoms with Gasteiger partial charge in [0.25, 0.3) is 0 Å². The van der Waals surface area contributed by atoms with Crippen LogP contribution in [0.1, 0.15) is 32.1 Å². The molecule has 110 valence electrons. The lowest BCUT2D eigenvalue weighted by Crippen LogP contribution is -2.64. The second-order valence-electron chi connectivity index (χ2n) is 5.62. The number of thioether (sulfide) groups is 1. The summed E-state index contributed by atoms with van der Waals surface area (Å²) in [7, 11) is 0. The molecule has 2 N–H and O–H groups in total. The van der Waals surface area contributed by atoms with Gasteiger partial charge in [-0.3, -0.25) is 0 Å². The van der Waals surface area contributed by atoms with Crippen LogP contribution in [-0.2, 0) is 14.2 Å². The number of hydrogen-bond acceptors (Lipinski definition) is 6. The maximum atomic E-state index is 10.3. The number of fused-ring (bicyclic) bond motifs is 1. The van der Waals surface area contributed by atoms with Crippen LogP contribution in [0.25, 0.3) is 0 Å².